The summed E-state index contributed by atoms with van der Waals surface area (Å²) < 4.78 is 20.9. The summed E-state index contributed by atoms with van der Waals surface area (Å²) in [7, 11) is 1.26. The monoisotopic (exact) mass is 407 g/mol. The van der Waals surface area contributed by atoms with Crippen LogP contribution in [0, 0.1) is 5.92 Å². The summed E-state index contributed by atoms with van der Waals surface area (Å²) in [4.78, 5) is 35.9. The first-order valence-electron chi connectivity index (χ1n) is 9.77. The minimum Gasteiger partial charge on any atom is -0.491 e. The average Bonchev–Trinajstić information content (AvgIpc) is 3.23. The van der Waals surface area contributed by atoms with Gasteiger partial charge in [-0.2, -0.15) is 0 Å². The van der Waals surface area contributed by atoms with E-state index >= 15 is 0 Å². The van der Waals surface area contributed by atoms with E-state index in [1.165, 1.54) is 7.11 Å². The van der Waals surface area contributed by atoms with Gasteiger partial charge in [0.25, 0.3) is 5.91 Å². The van der Waals surface area contributed by atoms with Crippen molar-refractivity contribution in [2.75, 3.05) is 26.9 Å². The smallest absolute Gasteiger partial charge is 0.338 e. The van der Waals surface area contributed by atoms with Gasteiger partial charge >= 0.3 is 11.9 Å². The minimum atomic E-state index is -0.772. The van der Waals surface area contributed by atoms with E-state index in [1.54, 1.807) is 24.3 Å². The first-order chi connectivity index (χ1) is 13.9. The van der Waals surface area contributed by atoms with Crippen molar-refractivity contribution in [1.82, 2.24) is 5.32 Å². The Morgan fingerprint density at radius 3 is 2.52 bits per heavy atom. The molecule has 1 aromatic carbocycles. The summed E-state index contributed by atoms with van der Waals surface area (Å²) in [6.07, 6.45) is 2.58. The molecule has 8 heteroatoms. The van der Waals surface area contributed by atoms with Gasteiger partial charge in [0, 0.05) is 6.61 Å². The Hall–Kier alpha value is -2.61. The molecule has 0 saturated carbocycles. The maximum atomic E-state index is 12.1. The summed E-state index contributed by atoms with van der Waals surface area (Å²) >= 11 is 0. The fourth-order valence-electron chi connectivity index (χ4n) is 2.93. The summed E-state index contributed by atoms with van der Waals surface area (Å²) in [6, 6.07) is 5.71. The lowest BCUT2D eigenvalue weighted by atomic mass is 10.0. The highest BCUT2D eigenvalue weighted by molar-refractivity contribution is 5.92. The van der Waals surface area contributed by atoms with E-state index in [4.69, 9.17) is 18.9 Å². The zero-order chi connectivity index (χ0) is 21.2. The SMILES string of the molecule is COC(=O)C(CC(C)C)NC(=O)COC(=O)c1ccc(OCC2CCCO2)cc1. The maximum Gasteiger partial charge on any atom is 0.338 e. The Balaban J connectivity index is 1.78. The molecule has 1 fully saturated rings. The second-order valence-electron chi connectivity index (χ2n) is 7.32. The number of benzene rings is 1. The molecule has 1 aliphatic heterocycles. The standard InChI is InChI=1S/C21H29NO7/c1-14(2)11-18(21(25)26-3)22-19(23)13-29-20(24)15-6-8-16(9-7-15)28-12-17-5-4-10-27-17/h6-9,14,17-18H,4-5,10-13H2,1-3H3,(H,22,23). The van der Waals surface area contributed by atoms with E-state index < -0.39 is 30.5 Å². The highest BCUT2D eigenvalue weighted by Crippen LogP contribution is 2.17. The molecular weight excluding hydrogens is 378 g/mol. The van der Waals surface area contributed by atoms with Crippen LogP contribution in [0.3, 0.4) is 0 Å². The molecule has 0 aromatic heterocycles. The molecule has 1 saturated heterocycles. The van der Waals surface area contributed by atoms with Crippen molar-refractivity contribution in [2.24, 2.45) is 5.92 Å². The van der Waals surface area contributed by atoms with Gasteiger partial charge in [-0.05, 0) is 49.4 Å². The molecule has 1 heterocycles. The Labute approximate surface area is 170 Å². The number of hydrogen-bond donors (Lipinski definition) is 1. The molecule has 1 aliphatic rings. The van der Waals surface area contributed by atoms with Gasteiger partial charge in [-0.1, -0.05) is 13.8 Å². The van der Waals surface area contributed by atoms with Crippen LogP contribution < -0.4 is 10.1 Å². The van der Waals surface area contributed by atoms with Gasteiger partial charge in [-0.3, -0.25) is 4.79 Å². The molecule has 2 atom stereocenters. The Bertz CT molecular complexity index is 681. The van der Waals surface area contributed by atoms with Crippen LogP contribution in [0.2, 0.25) is 0 Å². The Morgan fingerprint density at radius 1 is 1.21 bits per heavy atom. The van der Waals surface area contributed by atoms with Crippen LogP contribution in [0.25, 0.3) is 0 Å². The molecule has 29 heavy (non-hydrogen) atoms. The second kappa shape index (κ2) is 11.4. The predicted molar refractivity (Wildman–Crippen MR) is 105 cm³/mol. The topological polar surface area (TPSA) is 100 Å². The number of rotatable bonds is 10. The fourth-order valence-corrected chi connectivity index (χ4v) is 2.93. The van der Waals surface area contributed by atoms with Gasteiger partial charge in [0.15, 0.2) is 6.61 Å². The van der Waals surface area contributed by atoms with E-state index in [9.17, 15) is 14.4 Å². The van der Waals surface area contributed by atoms with Gasteiger partial charge in [0.2, 0.25) is 0 Å². The van der Waals surface area contributed by atoms with Crippen molar-refractivity contribution in [3.63, 3.8) is 0 Å². The maximum absolute atomic E-state index is 12.1. The third-order valence-corrected chi connectivity index (χ3v) is 4.41. The van der Waals surface area contributed by atoms with Crippen LogP contribution >= 0.6 is 0 Å². The predicted octanol–water partition coefficient (Wildman–Crippen LogP) is 2.11. The lowest BCUT2D eigenvalue weighted by Gasteiger charge is -2.18. The van der Waals surface area contributed by atoms with Gasteiger partial charge in [-0.25, -0.2) is 9.59 Å². The summed E-state index contributed by atoms with van der Waals surface area (Å²) in [5, 5.41) is 2.54. The number of amides is 1. The van der Waals surface area contributed by atoms with Crippen LogP contribution in [0.5, 0.6) is 5.75 Å². The van der Waals surface area contributed by atoms with Crippen LogP contribution in [0.1, 0.15) is 43.5 Å². The first kappa shape index (κ1) is 22.7. The van der Waals surface area contributed by atoms with E-state index in [-0.39, 0.29) is 12.0 Å². The summed E-state index contributed by atoms with van der Waals surface area (Å²) in [5.74, 6) is -0.917. The Kier molecular flexibility index (Phi) is 8.92. The molecule has 2 rings (SSSR count). The molecule has 2 unspecified atom stereocenters. The van der Waals surface area contributed by atoms with Crippen LogP contribution in [0.15, 0.2) is 24.3 Å². The van der Waals surface area contributed by atoms with Crippen molar-refractivity contribution in [3.05, 3.63) is 29.8 Å². The second-order valence-corrected chi connectivity index (χ2v) is 7.32. The largest absolute Gasteiger partial charge is 0.491 e. The van der Waals surface area contributed by atoms with Gasteiger partial charge in [-0.15, -0.1) is 0 Å². The molecular formula is C21H29NO7. The molecule has 8 nitrogen and oxygen atoms in total. The van der Waals surface area contributed by atoms with E-state index in [2.05, 4.69) is 5.32 Å². The van der Waals surface area contributed by atoms with Crippen molar-refractivity contribution in [1.29, 1.82) is 0 Å². The van der Waals surface area contributed by atoms with Crippen molar-refractivity contribution in [2.45, 2.75) is 45.3 Å². The van der Waals surface area contributed by atoms with E-state index in [0.717, 1.165) is 19.4 Å². The fraction of sp³-hybridized carbons (Fsp3) is 0.571. The van der Waals surface area contributed by atoms with Crippen LogP contribution in [0.4, 0.5) is 0 Å². The van der Waals surface area contributed by atoms with Gasteiger partial charge < -0.3 is 24.3 Å². The molecule has 0 bridgehead atoms. The molecule has 1 N–H and O–H groups in total. The average molecular weight is 407 g/mol. The number of ether oxygens (including phenoxy) is 4. The lowest BCUT2D eigenvalue weighted by Crippen LogP contribution is -2.44. The summed E-state index contributed by atoms with van der Waals surface area (Å²) in [5.41, 5.74) is 0.300. The molecule has 1 amide bonds. The molecule has 1 aromatic rings. The van der Waals surface area contributed by atoms with Crippen molar-refractivity contribution in [3.8, 4) is 5.75 Å². The third-order valence-electron chi connectivity index (χ3n) is 4.41. The van der Waals surface area contributed by atoms with Crippen LogP contribution in [-0.4, -0.2) is 56.9 Å². The summed E-state index contributed by atoms with van der Waals surface area (Å²) in [6.45, 7) is 4.61. The number of esters is 2. The zero-order valence-electron chi connectivity index (χ0n) is 17.1. The normalized spacial score (nSPS) is 16.9. The van der Waals surface area contributed by atoms with Gasteiger partial charge in [0.1, 0.15) is 18.4 Å². The number of methoxy groups -OCH3 is 1. The quantitative estimate of drug-likeness (QED) is 0.593. The minimum absolute atomic E-state index is 0.114. The molecule has 0 aliphatic carbocycles. The molecule has 0 radical (unpaired) electrons. The zero-order valence-corrected chi connectivity index (χ0v) is 17.1. The first-order valence-corrected chi connectivity index (χ1v) is 9.77. The van der Waals surface area contributed by atoms with Crippen molar-refractivity contribution >= 4 is 17.8 Å². The Morgan fingerprint density at radius 2 is 1.93 bits per heavy atom. The number of carbonyl (C=O) groups is 3. The lowest BCUT2D eigenvalue weighted by molar-refractivity contribution is -0.145. The number of carbonyl (C=O) groups excluding carboxylic acids is 3. The van der Waals surface area contributed by atoms with Crippen LogP contribution in [-0.2, 0) is 23.8 Å². The molecule has 160 valence electrons. The third kappa shape index (κ3) is 7.73. The number of nitrogens with one attached hydrogen (secondary N) is 1. The highest BCUT2D eigenvalue weighted by atomic mass is 16.5. The highest BCUT2D eigenvalue weighted by Gasteiger charge is 2.23. The van der Waals surface area contributed by atoms with E-state index in [1.807, 2.05) is 13.8 Å². The van der Waals surface area contributed by atoms with Gasteiger partial charge in [0.05, 0.1) is 18.8 Å². The molecule has 0 spiro atoms. The van der Waals surface area contributed by atoms with Crippen molar-refractivity contribution < 1.29 is 33.3 Å². The van der Waals surface area contributed by atoms with E-state index in [0.29, 0.717) is 24.3 Å². The number of hydrogen-bond acceptors (Lipinski definition) is 7.